The fourth-order valence-electron chi connectivity index (χ4n) is 5.10. The van der Waals surface area contributed by atoms with Crippen LogP contribution < -0.4 is 13.7 Å². The summed E-state index contributed by atoms with van der Waals surface area (Å²) < 4.78 is 128. The number of H-pyrrole nitrogens is 1. The summed E-state index contributed by atoms with van der Waals surface area (Å²) in [7, 11) is -8.33. The third-order valence-corrected chi connectivity index (χ3v) is 10.8. The first-order valence-electron chi connectivity index (χ1n) is 14.8. The quantitative estimate of drug-likeness (QED) is 0.136. The number of carboxylic acids is 1. The highest BCUT2D eigenvalue weighted by molar-refractivity contribution is 7.92. The molecule has 1 aromatic heterocycles. The Labute approximate surface area is 301 Å². The molecule has 4 N–H and O–H groups in total. The fraction of sp³-hybridized carbons (Fsp3) is 0.156. The number of nitrogens with zero attached hydrogens (tertiary/aromatic N) is 2. The first-order valence-corrected chi connectivity index (χ1v) is 18.1. The molecule has 0 saturated carbocycles. The van der Waals surface area contributed by atoms with Crippen LogP contribution >= 0.6 is 11.6 Å². The molecule has 2 heterocycles. The van der Waals surface area contributed by atoms with Gasteiger partial charge in [0.2, 0.25) is 10.0 Å². The Morgan fingerprint density at radius 1 is 0.943 bits per heavy atom. The van der Waals surface area contributed by atoms with Crippen molar-refractivity contribution in [3.05, 3.63) is 101 Å². The lowest BCUT2D eigenvalue weighted by molar-refractivity contribution is -0.192. The van der Waals surface area contributed by atoms with Crippen LogP contribution in [0.2, 0.25) is 5.02 Å². The van der Waals surface area contributed by atoms with Crippen molar-refractivity contribution in [2.75, 3.05) is 10.8 Å². The van der Waals surface area contributed by atoms with Gasteiger partial charge >= 0.3 is 28.5 Å². The van der Waals surface area contributed by atoms with Gasteiger partial charge in [-0.3, -0.25) is 4.79 Å². The number of carbonyl (C=O) groups is 2. The number of alkyl halides is 6. The molecule has 12 nitrogen and oxygen atoms in total. The van der Waals surface area contributed by atoms with Gasteiger partial charge in [0, 0.05) is 0 Å². The number of rotatable bonds is 7. The van der Waals surface area contributed by atoms with Crippen LogP contribution in [0.25, 0.3) is 33.3 Å². The summed E-state index contributed by atoms with van der Waals surface area (Å²) in [5.41, 5.74) is 1.87. The molecule has 1 atom stereocenters. The van der Waals surface area contributed by atoms with Gasteiger partial charge in [0.15, 0.2) is 0 Å². The number of carboxylic acid groups (broad SMARTS) is 1. The SMILES string of the molecule is C[C@H](NS(=O)(=O)c1ccc(-c2ccccc2)c(-c2ccc(N3CC(=O)NS3(=O)=O)c(Cl)c2)c1)c1nc2cc(C(F)(F)F)ccc2[nH]1.O=C(O)C(F)(F)F. The van der Waals surface area contributed by atoms with E-state index in [0.29, 0.717) is 22.2 Å². The van der Waals surface area contributed by atoms with Gasteiger partial charge in [0.25, 0.3) is 5.91 Å². The van der Waals surface area contributed by atoms with Crippen molar-refractivity contribution in [2.45, 2.75) is 30.2 Å². The molecule has 1 saturated heterocycles. The predicted molar refractivity (Wildman–Crippen MR) is 180 cm³/mol. The molecule has 0 unspecified atom stereocenters. The Hall–Kier alpha value is -5.18. The summed E-state index contributed by atoms with van der Waals surface area (Å²) in [6.07, 6.45) is -9.64. The third-order valence-electron chi connectivity index (χ3n) is 7.55. The molecule has 53 heavy (non-hydrogen) atoms. The number of nitrogens with one attached hydrogen (secondary N) is 3. The van der Waals surface area contributed by atoms with E-state index in [9.17, 15) is 48.0 Å². The van der Waals surface area contributed by atoms with E-state index in [1.807, 2.05) is 35.1 Å². The van der Waals surface area contributed by atoms with E-state index in [-0.39, 0.29) is 26.9 Å². The van der Waals surface area contributed by atoms with Crippen LogP contribution in [0.4, 0.5) is 32.0 Å². The van der Waals surface area contributed by atoms with E-state index < -0.39 is 62.6 Å². The summed E-state index contributed by atoms with van der Waals surface area (Å²) in [5, 5.41) is 7.13. The fourth-order valence-corrected chi connectivity index (χ4v) is 7.83. The van der Waals surface area contributed by atoms with Crippen LogP contribution in [0.1, 0.15) is 24.4 Å². The minimum atomic E-state index is -5.08. The molecule has 0 bridgehead atoms. The molecule has 0 aliphatic carbocycles. The molecular weight excluding hydrogens is 780 g/mol. The minimum Gasteiger partial charge on any atom is -0.475 e. The lowest BCUT2D eigenvalue weighted by Crippen LogP contribution is -2.29. The molecule has 5 aromatic rings. The Balaban J connectivity index is 0.000000705. The second-order valence-electron chi connectivity index (χ2n) is 11.3. The van der Waals surface area contributed by atoms with Gasteiger partial charge in [-0.25, -0.2) is 31.9 Å². The number of benzene rings is 4. The number of aromatic nitrogens is 2. The zero-order valence-corrected chi connectivity index (χ0v) is 29.0. The zero-order chi connectivity index (χ0) is 39.1. The molecule has 21 heteroatoms. The lowest BCUT2D eigenvalue weighted by Gasteiger charge is -2.19. The highest BCUT2D eigenvalue weighted by Gasteiger charge is 2.38. The summed E-state index contributed by atoms with van der Waals surface area (Å²) in [6.45, 7) is 1.06. The zero-order valence-electron chi connectivity index (χ0n) is 26.6. The molecule has 4 aromatic carbocycles. The Morgan fingerprint density at radius 3 is 2.17 bits per heavy atom. The standard InChI is InChI=1S/C30H23ClF3N5O5S2.C2HF3O2/c1-17(29-35-25-11-8-20(30(32,33)34)14-26(25)36-29)37-45(41,42)21-9-10-22(18-5-3-2-4-6-18)23(15-21)19-7-12-27(24(31)13-19)39-16-28(40)38-46(39,43)44;3-2(4,5)1(6)7/h2-15,17,37H,16H2,1H3,(H,35,36)(H,38,40);(H,6,7)/t17-;/m0./s1. The number of aromatic amines is 1. The molecule has 1 fully saturated rings. The minimum absolute atomic E-state index is 0.00941. The summed E-state index contributed by atoms with van der Waals surface area (Å²) in [4.78, 5) is 27.6. The van der Waals surface area contributed by atoms with Crippen molar-refractivity contribution in [1.29, 1.82) is 0 Å². The van der Waals surface area contributed by atoms with Crippen LogP contribution in [0.3, 0.4) is 0 Å². The number of imidazole rings is 1. The molecule has 1 aliphatic rings. The normalized spacial score (nSPS) is 15.1. The van der Waals surface area contributed by atoms with Crippen molar-refractivity contribution in [2.24, 2.45) is 0 Å². The number of fused-ring (bicyclic) bond motifs is 1. The first-order chi connectivity index (χ1) is 24.6. The maximum atomic E-state index is 13.6. The number of hydrogen-bond donors (Lipinski definition) is 4. The maximum absolute atomic E-state index is 13.6. The summed E-state index contributed by atoms with van der Waals surface area (Å²) >= 11 is 6.52. The van der Waals surface area contributed by atoms with Crippen LogP contribution in [0, 0.1) is 0 Å². The van der Waals surface area contributed by atoms with E-state index in [1.165, 1.54) is 37.3 Å². The van der Waals surface area contributed by atoms with Gasteiger partial charge in [0.05, 0.1) is 38.2 Å². The van der Waals surface area contributed by atoms with E-state index in [4.69, 9.17) is 21.5 Å². The number of aliphatic carboxylic acids is 1. The molecule has 0 spiro atoms. The number of hydrogen-bond acceptors (Lipinski definition) is 7. The van der Waals surface area contributed by atoms with Gasteiger partial charge in [-0.2, -0.15) is 34.8 Å². The van der Waals surface area contributed by atoms with Crippen LogP contribution in [-0.4, -0.2) is 56.5 Å². The van der Waals surface area contributed by atoms with E-state index in [0.717, 1.165) is 22.0 Å². The average Bonchev–Trinajstić information content (AvgIpc) is 3.62. The maximum Gasteiger partial charge on any atom is 0.490 e. The molecule has 6 rings (SSSR count). The van der Waals surface area contributed by atoms with Gasteiger partial charge in [-0.05, 0) is 71.6 Å². The van der Waals surface area contributed by atoms with Crippen molar-refractivity contribution in [3.63, 3.8) is 0 Å². The number of anilines is 1. The van der Waals surface area contributed by atoms with Gasteiger partial charge < -0.3 is 10.1 Å². The smallest absolute Gasteiger partial charge is 0.475 e. The second-order valence-corrected chi connectivity index (χ2v) is 15.0. The number of halogens is 7. The first kappa shape index (κ1) is 39.0. The van der Waals surface area contributed by atoms with E-state index >= 15 is 0 Å². The van der Waals surface area contributed by atoms with Crippen molar-refractivity contribution in [1.82, 2.24) is 19.4 Å². The Morgan fingerprint density at radius 2 is 1.60 bits per heavy atom. The molecule has 0 radical (unpaired) electrons. The molecular formula is C32H24ClF6N5O7S2. The van der Waals surface area contributed by atoms with Gasteiger partial charge in [0.1, 0.15) is 12.4 Å². The number of sulfonamides is 1. The molecule has 280 valence electrons. The third kappa shape index (κ3) is 8.73. The van der Waals surface area contributed by atoms with E-state index in [1.54, 1.807) is 12.1 Å². The van der Waals surface area contributed by atoms with Crippen molar-refractivity contribution < 1.29 is 57.9 Å². The van der Waals surface area contributed by atoms with Crippen LogP contribution in [0.15, 0.2) is 89.8 Å². The van der Waals surface area contributed by atoms with Gasteiger partial charge in [-0.1, -0.05) is 54.1 Å². The van der Waals surface area contributed by atoms with Crippen molar-refractivity contribution >= 4 is 60.4 Å². The topological polar surface area (TPSA) is 179 Å². The number of amides is 1. The van der Waals surface area contributed by atoms with Crippen LogP contribution in [0.5, 0.6) is 0 Å². The summed E-state index contributed by atoms with van der Waals surface area (Å²) in [5.74, 6) is -3.35. The summed E-state index contributed by atoms with van der Waals surface area (Å²) in [6, 6.07) is 20.2. The number of carbonyl (C=O) groups excluding carboxylic acids is 1. The molecule has 1 amide bonds. The lowest BCUT2D eigenvalue weighted by atomic mass is 9.94. The van der Waals surface area contributed by atoms with Gasteiger partial charge in [-0.15, -0.1) is 0 Å². The average molecular weight is 804 g/mol. The largest absolute Gasteiger partial charge is 0.490 e. The Bertz CT molecular complexity index is 2440. The highest BCUT2D eigenvalue weighted by Crippen LogP contribution is 2.39. The van der Waals surface area contributed by atoms with Crippen LogP contribution in [-0.2, 0) is 36.0 Å². The second kappa shape index (κ2) is 14.3. The predicted octanol–water partition coefficient (Wildman–Crippen LogP) is 6.42. The molecule has 1 aliphatic heterocycles. The highest BCUT2D eigenvalue weighted by atomic mass is 35.5. The monoisotopic (exact) mass is 803 g/mol. The Kier molecular flexibility index (Phi) is 10.6. The van der Waals surface area contributed by atoms with Crippen molar-refractivity contribution in [3.8, 4) is 22.3 Å². The van der Waals surface area contributed by atoms with E-state index in [2.05, 4.69) is 14.7 Å².